The van der Waals surface area contributed by atoms with Crippen LogP contribution in [0.1, 0.15) is 31.7 Å². The second-order valence-electron chi connectivity index (χ2n) is 7.04. The number of imidazole rings is 1. The number of aryl methyl sites for hydroxylation is 1. The Morgan fingerprint density at radius 3 is 2.61 bits per heavy atom. The van der Waals surface area contributed by atoms with E-state index in [1.54, 1.807) is 22.7 Å². The van der Waals surface area contributed by atoms with E-state index in [1.165, 1.54) is 16.1 Å². The normalized spacial score (nSPS) is 12.2. The van der Waals surface area contributed by atoms with Crippen molar-refractivity contribution >= 4 is 28.4 Å². The number of aromatic nitrogens is 3. The molecular weight excluding hydrogens is 384 g/mol. The highest BCUT2D eigenvalue weighted by atomic mass is 32.1. The Morgan fingerprint density at radius 2 is 1.93 bits per heavy atom. The minimum Gasteiger partial charge on any atom is -0.337 e. The average Bonchev–Trinajstić information content (AvgIpc) is 3.45. The second-order valence-corrected chi connectivity index (χ2v) is 8.83. The SMILES string of the molecule is CC(C)c1ccc(N=c2scc(-c3cccs3)n2CCCn2ccnc2)cc1. The van der Waals surface area contributed by atoms with Crippen molar-refractivity contribution in [1.29, 1.82) is 0 Å². The first-order valence-corrected chi connectivity index (χ1v) is 11.3. The van der Waals surface area contributed by atoms with E-state index in [0.29, 0.717) is 5.92 Å². The minimum absolute atomic E-state index is 0.536. The van der Waals surface area contributed by atoms with E-state index in [2.05, 4.69) is 75.1 Å². The fraction of sp³-hybridized carbons (Fsp3) is 0.273. The zero-order chi connectivity index (χ0) is 19.3. The molecule has 0 amide bonds. The van der Waals surface area contributed by atoms with Crippen molar-refractivity contribution in [2.24, 2.45) is 4.99 Å². The first-order valence-electron chi connectivity index (χ1n) is 9.53. The molecule has 144 valence electrons. The van der Waals surface area contributed by atoms with Crippen LogP contribution in [0.25, 0.3) is 10.6 Å². The van der Waals surface area contributed by atoms with E-state index in [1.807, 2.05) is 18.7 Å². The zero-order valence-corrected chi connectivity index (χ0v) is 17.8. The molecule has 0 aliphatic rings. The predicted octanol–water partition coefficient (Wildman–Crippen LogP) is 5.92. The molecule has 1 aromatic carbocycles. The first-order chi connectivity index (χ1) is 13.7. The van der Waals surface area contributed by atoms with Gasteiger partial charge in [0.05, 0.1) is 22.6 Å². The number of nitrogens with zero attached hydrogens (tertiary/aromatic N) is 4. The van der Waals surface area contributed by atoms with Crippen LogP contribution >= 0.6 is 22.7 Å². The number of benzene rings is 1. The molecule has 0 radical (unpaired) electrons. The van der Waals surface area contributed by atoms with Crippen LogP contribution in [-0.2, 0) is 13.1 Å². The highest BCUT2D eigenvalue weighted by molar-refractivity contribution is 7.14. The molecule has 4 rings (SSSR count). The molecule has 4 nitrogen and oxygen atoms in total. The summed E-state index contributed by atoms with van der Waals surface area (Å²) in [6.45, 7) is 6.31. The Bertz CT molecular complexity index is 1050. The van der Waals surface area contributed by atoms with E-state index < -0.39 is 0 Å². The Hall–Kier alpha value is -2.44. The third-order valence-electron chi connectivity index (χ3n) is 4.71. The van der Waals surface area contributed by atoms with E-state index in [9.17, 15) is 0 Å². The van der Waals surface area contributed by atoms with Gasteiger partial charge in [-0.1, -0.05) is 32.0 Å². The molecule has 3 heterocycles. The largest absolute Gasteiger partial charge is 0.337 e. The van der Waals surface area contributed by atoms with Crippen LogP contribution in [0.4, 0.5) is 5.69 Å². The van der Waals surface area contributed by atoms with Crippen molar-refractivity contribution in [3.8, 4) is 10.6 Å². The van der Waals surface area contributed by atoms with Gasteiger partial charge in [-0.2, -0.15) is 0 Å². The Labute approximate surface area is 173 Å². The number of thiazole rings is 1. The quantitative estimate of drug-likeness (QED) is 0.374. The Kier molecular flexibility index (Phi) is 5.88. The van der Waals surface area contributed by atoms with Gasteiger partial charge in [0.2, 0.25) is 0 Å². The summed E-state index contributed by atoms with van der Waals surface area (Å²) in [6, 6.07) is 12.9. The molecule has 0 saturated carbocycles. The molecule has 0 N–H and O–H groups in total. The Balaban J connectivity index is 1.64. The maximum atomic E-state index is 4.95. The molecule has 0 aliphatic heterocycles. The Morgan fingerprint density at radius 1 is 1.07 bits per heavy atom. The molecule has 0 saturated heterocycles. The van der Waals surface area contributed by atoms with Crippen LogP contribution in [0.3, 0.4) is 0 Å². The highest BCUT2D eigenvalue weighted by Crippen LogP contribution is 2.26. The molecule has 28 heavy (non-hydrogen) atoms. The summed E-state index contributed by atoms with van der Waals surface area (Å²) in [5, 5.41) is 4.36. The monoisotopic (exact) mass is 408 g/mol. The fourth-order valence-electron chi connectivity index (χ4n) is 3.13. The van der Waals surface area contributed by atoms with Gasteiger partial charge in [0.25, 0.3) is 0 Å². The van der Waals surface area contributed by atoms with Gasteiger partial charge in [-0.15, -0.1) is 22.7 Å². The fourth-order valence-corrected chi connectivity index (χ4v) is 4.90. The molecule has 6 heteroatoms. The summed E-state index contributed by atoms with van der Waals surface area (Å²) in [5.41, 5.74) is 3.60. The lowest BCUT2D eigenvalue weighted by Crippen LogP contribution is -2.16. The molecule has 0 bridgehead atoms. The standard InChI is InChI=1S/C22H24N4S2/c1-17(2)18-6-8-19(9-7-18)24-22-26(12-4-11-25-13-10-23-16-25)20(15-28-22)21-5-3-14-27-21/h3,5-10,13-17H,4,11-12H2,1-2H3. The second kappa shape index (κ2) is 8.71. The van der Waals surface area contributed by atoms with E-state index >= 15 is 0 Å². The molecule has 0 spiro atoms. The number of thiophene rings is 1. The molecular formula is C22H24N4S2. The van der Waals surface area contributed by atoms with E-state index in [4.69, 9.17) is 4.99 Å². The van der Waals surface area contributed by atoms with Gasteiger partial charge in [0, 0.05) is 30.9 Å². The lowest BCUT2D eigenvalue weighted by atomic mass is 10.0. The third-order valence-corrected chi connectivity index (χ3v) is 6.47. The van der Waals surface area contributed by atoms with Gasteiger partial charge in [-0.25, -0.2) is 9.98 Å². The maximum Gasteiger partial charge on any atom is 0.190 e. The van der Waals surface area contributed by atoms with Crippen LogP contribution in [0.2, 0.25) is 0 Å². The first kappa shape index (κ1) is 18.9. The summed E-state index contributed by atoms with van der Waals surface area (Å²) in [4.78, 5) is 11.4. The number of rotatable bonds is 7. The van der Waals surface area contributed by atoms with E-state index in [0.717, 1.165) is 30.0 Å². The average molecular weight is 409 g/mol. The van der Waals surface area contributed by atoms with Crippen LogP contribution in [0.15, 0.2) is 70.9 Å². The summed E-state index contributed by atoms with van der Waals surface area (Å²) < 4.78 is 4.48. The lowest BCUT2D eigenvalue weighted by molar-refractivity contribution is 0.559. The van der Waals surface area contributed by atoms with Crippen LogP contribution in [-0.4, -0.2) is 14.1 Å². The van der Waals surface area contributed by atoms with Crippen molar-refractivity contribution in [3.63, 3.8) is 0 Å². The molecule has 0 atom stereocenters. The summed E-state index contributed by atoms with van der Waals surface area (Å²) in [6.07, 6.45) is 6.75. The summed E-state index contributed by atoms with van der Waals surface area (Å²) >= 11 is 3.49. The number of hydrogen-bond donors (Lipinski definition) is 0. The third kappa shape index (κ3) is 4.34. The molecule has 0 unspecified atom stereocenters. The van der Waals surface area contributed by atoms with Gasteiger partial charge < -0.3 is 9.13 Å². The van der Waals surface area contributed by atoms with Gasteiger partial charge in [-0.3, -0.25) is 0 Å². The van der Waals surface area contributed by atoms with Crippen LogP contribution < -0.4 is 4.80 Å². The summed E-state index contributed by atoms with van der Waals surface area (Å²) in [5.74, 6) is 0.536. The van der Waals surface area contributed by atoms with Crippen molar-refractivity contribution in [1.82, 2.24) is 14.1 Å². The molecule has 4 aromatic rings. The lowest BCUT2D eigenvalue weighted by Gasteiger charge is -2.09. The topological polar surface area (TPSA) is 35.1 Å². The zero-order valence-electron chi connectivity index (χ0n) is 16.2. The minimum atomic E-state index is 0.536. The van der Waals surface area contributed by atoms with Crippen molar-refractivity contribution in [2.45, 2.75) is 39.3 Å². The van der Waals surface area contributed by atoms with Gasteiger partial charge in [0.1, 0.15) is 0 Å². The number of hydrogen-bond acceptors (Lipinski definition) is 4. The van der Waals surface area contributed by atoms with Crippen LogP contribution in [0.5, 0.6) is 0 Å². The highest BCUT2D eigenvalue weighted by Gasteiger charge is 2.09. The van der Waals surface area contributed by atoms with Gasteiger partial charge in [0.15, 0.2) is 4.80 Å². The van der Waals surface area contributed by atoms with Crippen molar-refractivity contribution in [3.05, 3.63) is 76.2 Å². The predicted molar refractivity (Wildman–Crippen MR) is 118 cm³/mol. The van der Waals surface area contributed by atoms with E-state index in [-0.39, 0.29) is 0 Å². The molecule has 0 fully saturated rings. The molecule has 3 aromatic heterocycles. The smallest absolute Gasteiger partial charge is 0.190 e. The maximum absolute atomic E-state index is 4.95. The van der Waals surface area contributed by atoms with Gasteiger partial charge >= 0.3 is 0 Å². The van der Waals surface area contributed by atoms with Gasteiger partial charge in [-0.05, 0) is 41.5 Å². The molecule has 0 aliphatic carbocycles. The summed E-state index contributed by atoms with van der Waals surface area (Å²) in [7, 11) is 0. The van der Waals surface area contributed by atoms with Crippen molar-refractivity contribution in [2.75, 3.05) is 0 Å². The van der Waals surface area contributed by atoms with Crippen molar-refractivity contribution < 1.29 is 0 Å². The van der Waals surface area contributed by atoms with Crippen LogP contribution in [0, 0.1) is 0 Å².